The van der Waals surface area contributed by atoms with E-state index in [2.05, 4.69) is 24.1 Å². The van der Waals surface area contributed by atoms with Gasteiger partial charge >= 0.3 is 0 Å². The van der Waals surface area contributed by atoms with Crippen LogP contribution in [-0.2, 0) is 4.79 Å². The smallest absolute Gasteiger partial charge is 0.222 e. The van der Waals surface area contributed by atoms with Crippen LogP contribution in [0, 0.1) is 11.8 Å². The molecule has 15 heavy (non-hydrogen) atoms. The highest BCUT2D eigenvalue weighted by Crippen LogP contribution is 2.26. The van der Waals surface area contributed by atoms with Gasteiger partial charge < -0.3 is 10.2 Å². The van der Waals surface area contributed by atoms with E-state index in [-0.39, 0.29) is 0 Å². The first-order valence-corrected chi connectivity index (χ1v) is 6.18. The normalized spacial score (nSPS) is 32.7. The van der Waals surface area contributed by atoms with Crippen LogP contribution >= 0.6 is 0 Å². The van der Waals surface area contributed by atoms with Crippen LogP contribution in [0.1, 0.15) is 33.1 Å². The van der Waals surface area contributed by atoms with Gasteiger partial charge in [0.25, 0.3) is 0 Å². The third-order valence-electron chi connectivity index (χ3n) is 3.90. The number of hydrogen-bond donors (Lipinski definition) is 1. The van der Waals surface area contributed by atoms with Gasteiger partial charge in [0.15, 0.2) is 0 Å². The average Bonchev–Trinajstić information content (AvgIpc) is 2.71. The third kappa shape index (κ3) is 2.33. The summed E-state index contributed by atoms with van der Waals surface area (Å²) in [4.78, 5) is 14.0. The van der Waals surface area contributed by atoms with Crippen LogP contribution in [0.2, 0.25) is 0 Å². The molecule has 0 aromatic carbocycles. The fraction of sp³-hybridized carbons (Fsp3) is 0.917. The van der Waals surface area contributed by atoms with E-state index in [4.69, 9.17) is 0 Å². The number of piperidine rings is 1. The van der Waals surface area contributed by atoms with Crippen molar-refractivity contribution in [3.63, 3.8) is 0 Å². The van der Waals surface area contributed by atoms with Crippen molar-refractivity contribution in [2.75, 3.05) is 19.6 Å². The van der Waals surface area contributed by atoms with Crippen LogP contribution in [0.15, 0.2) is 0 Å². The van der Waals surface area contributed by atoms with Crippen molar-refractivity contribution in [3.05, 3.63) is 0 Å². The minimum atomic E-state index is 0.376. The predicted octanol–water partition coefficient (Wildman–Crippen LogP) is 1.24. The highest BCUT2D eigenvalue weighted by Gasteiger charge is 2.33. The summed E-state index contributed by atoms with van der Waals surface area (Å²) in [6.45, 7) is 7.59. The van der Waals surface area contributed by atoms with Crippen molar-refractivity contribution < 1.29 is 4.79 Å². The summed E-state index contributed by atoms with van der Waals surface area (Å²) in [6.07, 6.45) is 2.99. The summed E-state index contributed by atoms with van der Waals surface area (Å²) in [5.74, 6) is 1.79. The monoisotopic (exact) mass is 210 g/mol. The Morgan fingerprint density at radius 3 is 2.80 bits per heavy atom. The summed E-state index contributed by atoms with van der Waals surface area (Å²) in [7, 11) is 0. The minimum Gasteiger partial charge on any atom is -0.338 e. The Morgan fingerprint density at radius 2 is 2.20 bits per heavy atom. The highest BCUT2D eigenvalue weighted by molar-refractivity contribution is 5.77. The fourth-order valence-electron chi connectivity index (χ4n) is 2.70. The molecular formula is C12H22N2O. The van der Waals surface area contributed by atoms with Crippen LogP contribution in [-0.4, -0.2) is 36.5 Å². The standard InChI is InChI=1S/C12H22N2O/c1-9(2)10-3-4-12(15)14(8-10)11-5-6-13-7-11/h9-11,13H,3-8H2,1-2H3. The van der Waals surface area contributed by atoms with E-state index in [1.54, 1.807) is 0 Å². The lowest BCUT2D eigenvalue weighted by Gasteiger charge is -2.38. The average molecular weight is 210 g/mol. The first-order chi connectivity index (χ1) is 7.18. The number of hydrogen-bond acceptors (Lipinski definition) is 2. The lowest BCUT2D eigenvalue weighted by atomic mass is 9.87. The second-order valence-electron chi connectivity index (χ2n) is 5.24. The lowest BCUT2D eigenvalue weighted by Crippen LogP contribution is -2.48. The number of rotatable bonds is 2. The summed E-state index contributed by atoms with van der Waals surface area (Å²) in [6, 6.07) is 0.471. The number of amides is 1. The molecule has 2 aliphatic rings. The minimum absolute atomic E-state index is 0.376. The largest absolute Gasteiger partial charge is 0.338 e. The molecule has 2 rings (SSSR count). The SMILES string of the molecule is CC(C)C1CCC(=O)N(C2CCNC2)C1. The Labute approximate surface area is 92.2 Å². The quantitative estimate of drug-likeness (QED) is 0.744. The van der Waals surface area contributed by atoms with Crippen LogP contribution in [0.5, 0.6) is 0 Å². The number of likely N-dealkylation sites (tertiary alicyclic amines) is 1. The van der Waals surface area contributed by atoms with Gasteiger partial charge in [-0.15, -0.1) is 0 Å². The second kappa shape index (κ2) is 4.52. The number of nitrogens with one attached hydrogen (secondary N) is 1. The Balaban J connectivity index is 1.98. The molecular weight excluding hydrogens is 188 g/mol. The number of nitrogens with zero attached hydrogens (tertiary/aromatic N) is 1. The molecule has 3 nitrogen and oxygen atoms in total. The van der Waals surface area contributed by atoms with E-state index < -0.39 is 0 Å². The van der Waals surface area contributed by atoms with Gasteiger partial charge in [-0.2, -0.15) is 0 Å². The molecule has 0 aromatic heterocycles. The van der Waals surface area contributed by atoms with Crippen LogP contribution in [0.3, 0.4) is 0 Å². The van der Waals surface area contributed by atoms with E-state index in [0.717, 1.165) is 38.9 Å². The van der Waals surface area contributed by atoms with Gasteiger partial charge in [0.1, 0.15) is 0 Å². The molecule has 2 fully saturated rings. The number of carbonyl (C=O) groups is 1. The van der Waals surface area contributed by atoms with Crippen LogP contribution in [0.4, 0.5) is 0 Å². The molecule has 0 saturated carbocycles. The molecule has 0 aliphatic carbocycles. The van der Waals surface area contributed by atoms with Gasteiger partial charge in [0.2, 0.25) is 5.91 Å². The van der Waals surface area contributed by atoms with Crippen molar-refractivity contribution in [1.82, 2.24) is 10.2 Å². The van der Waals surface area contributed by atoms with E-state index in [0.29, 0.717) is 23.8 Å². The van der Waals surface area contributed by atoms with Gasteiger partial charge in [0, 0.05) is 25.6 Å². The molecule has 86 valence electrons. The van der Waals surface area contributed by atoms with Crippen molar-refractivity contribution in [3.8, 4) is 0 Å². The van der Waals surface area contributed by atoms with Crippen molar-refractivity contribution >= 4 is 5.91 Å². The van der Waals surface area contributed by atoms with Crippen molar-refractivity contribution in [2.45, 2.75) is 39.2 Å². The molecule has 1 N–H and O–H groups in total. The van der Waals surface area contributed by atoms with Gasteiger partial charge in [-0.25, -0.2) is 0 Å². The highest BCUT2D eigenvalue weighted by atomic mass is 16.2. The third-order valence-corrected chi connectivity index (χ3v) is 3.90. The molecule has 2 aliphatic heterocycles. The Bertz CT molecular complexity index is 234. The van der Waals surface area contributed by atoms with Gasteiger partial charge in [0.05, 0.1) is 0 Å². The molecule has 1 amide bonds. The van der Waals surface area contributed by atoms with Crippen LogP contribution in [0.25, 0.3) is 0 Å². The van der Waals surface area contributed by atoms with Crippen molar-refractivity contribution in [1.29, 1.82) is 0 Å². The van der Waals surface area contributed by atoms with Gasteiger partial charge in [-0.05, 0) is 31.2 Å². The summed E-state index contributed by atoms with van der Waals surface area (Å²) in [5, 5.41) is 3.34. The lowest BCUT2D eigenvalue weighted by molar-refractivity contribution is -0.137. The molecule has 2 saturated heterocycles. The maximum Gasteiger partial charge on any atom is 0.222 e. The zero-order valence-electron chi connectivity index (χ0n) is 9.83. The van der Waals surface area contributed by atoms with E-state index in [1.807, 2.05) is 0 Å². The zero-order valence-corrected chi connectivity index (χ0v) is 9.83. The zero-order chi connectivity index (χ0) is 10.8. The second-order valence-corrected chi connectivity index (χ2v) is 5.24. The maximum absolute atomic E-state index is 11.8. The Morgan fingerprint density at radius 1 is 1.40 bits per heavy atom. The molecule has 2 unspecified atom stereocenters. The Kier molecular flexibility index (Phi) is 3.29. The summed E-state index contributed by atoms with van der Waals surface area (Å²) < 4.78 is 0. The van der Waals surface area contributed by atoms with Gasteiger partial charge in [-0.1, -0.05) is 13.8 Å². The van der Waals surface area contributed by atoms with Crippen molar-refractivity contribution in [2.24, 2.45) is 11.8 Å². The fourth-order valence-corrected chi connectivity index (χ4v) is 2.70. The van der Waals surface area contributed by atoms with Gasteiger partial charge in [-0.3, -0.25) is 4.79 Å². The molecule has 0 radical (unpaired) electrons. The maximum atomic E-state index is 11.8. The predicted molar refractivity (Wildman–Crippen MR) is 60.5 cm³/mol. The number of carbonyl (C=O) groups excluding carboxylic acids is 1. The van der Waals surface area contributed by atoms with E-state index >= 15 is 0 Å². The molecule has 0 spiro atoms. The van der Waals surface area contributed by atoms with E-state index in [9.17, 15) is 4.79 Å². The first kappa shape index (κ1) is 10.9. The molecule has 3 heteroatoms. The first-order valence-electron chi connectivity index (χ1n) is 6.18. The van der Waals surface area contributed by atoms with E-state index in [1.165, 1.54) is 0 Å². The topological polar surface area (TPSA) is 32.3 Å². The molecule has 0 aromatic rings. The molecule has 2 heterocycles. The Hall–Kier alpha value is -0.570. The molecule has 2 atom stereocenters. The van der Waals surface area contributed by atoms with Crippen LogP contribution < -0.4 is 5.32 Å². The summed E-state index contributed by atoms with van der Waals surface area (Å²) in [5.41, 5.74) is 0. The molecule has 0 bridgehead atoms. The summed E-state index contributed by atoms with van der Waals surface area (Å²) >= 11 is 0.